The van der Waals surface area contributed by atoms with Gasteiger partial charge in [-0.05, 0) is 22.6 Å². The number of nitrogens with zero attached hydrogens (tertiary/aromatic N) is 4. The van der Waals surface area contributed by atoms with E-state index in [1.165, 1.54) is 18.1 Å². The third-order valence-electron chi connectivity index (χ3n) is 2.13. The van der Waals surface area contributed by atoms with Crippen LogP contribution >= 0.6 is 15.9 Å². The van der Waals surface area contributed by atoms with Gasteiger partial charge in [0.15, 0.2) is 11.6 Å². The topological polar surface area (TPSA) is 52.8 Å². The molecular formula is C9H8BrFN4O. The van der Waals surface area contributed by atoms with Crippen LogP contribution in [0.1, 0.15) is 5.56 Å². The summed E-state index contributed by atoms with van der Waals surface area (Å²) in [4.78, 5) is 0. The minimum Gasteiger partial charge on any atom is -0.494 e. The van der Waals surface area contributed by atoms with Crippen molar-refractivity contribution in [2.24, 2.45) is 0 Å². The molecule has 0 amide bonds. The van der Waals surface area contributed by atoms with Crippen LogP contribution in [0.15, 0.2) is 18.5 Å². The molecule has 1 aromatic carbocycles. The molecule has 0 atom stereocenters. The number of methoxy groups -OCH3 is 1. The molecule has 0 saturated heterocycles. The van der Waals surface area contributed by atoms with E-state index in [0.717, 1.165) is 0 Å². The second-order valence-electron chi connectivity index (χ2n) is 2.97. The maximum absolute atomic E-state index is 13.9. The molecule has 84 valence electrons. The first-order valence-corrected chi connectivity index (χ1v) is 5.54. The van der Waals surface area contributed by atoms with Gasteiger partial charge in [0.25, 0.3) is 0 Å². The van der Waals surface area contributed by atoms with E-state index >= 15 is 0 Å². The summed E-state index contributed by atoms with van der Waals surface area (Å²) in [6.07, 6.45) is 1.41. The number of rotatable bonds is 3. The zero-order valence-electron chi connectivity index (χ0n) is 8.39. The molecule has 0 N–H and O–H groups in total. The predicted molar refractivity (Wildman–Crippen MR) is 58.3 cm³/mol. The van der Waals surface area contributed by atoms with Crippen LogP contribution in [0.5, 0.6) is 5.75 Å². The average Bonchev–Trinajstić information content (AvgIpc) is 2.82. The Bertz CT molecular complexity index is 489. The summed E-state index contributed by atoms with van der Waals surface area (Å²) in [7, 11) is 1.42. The molecule has 0 aliphatic rings. The monoisotopic (exact) mass is 286 g/mol. The van der Waals surface area contributed by atoms with E-state index in [9.17, 15) is 4.39 Å². The fourth-order valence-corrected chi connectivity index (χ4v) is 1.89. The van der Waals surface area contributed by atoms with Crippen LogP contribution in [0.25, 0.3) is 5.69 Å². The summed E-state index contributed by atoms with van der Waals surface area (Å²) >= 11 is 3.23. The Morgan fingerprint density at radius 1 is 1.50 bits per heavy atom. The fraction of sp³-hybridized carbons (Fsp3) is 0.222. The molecule has 0 radical (unpaired) electrons. The van der Waals surface area contributed by atoms with E-state index in [0.29, 0.717) is 16.6 Å². The number of alkyl halides is 1. The standard InChI is InChI=1S/C9H8BrFN4O/c1-16-8-3-2-7(6(4-10)9(8)11)15-5-12-13-14-15/h2-3,5H,4H2,1H3. The molecule has 0 saturated carbocycles. The van der Waals surface area contributed by atoms with Gasteiger partial charge in [-0.25, -0.2) is 9.07 Å². The second kappa shape index (κ2) is 4.56. The molecule has 2 aromatic rings. The maximum atomic E-state index is 13.9. The van der Waals surface area contributed by atoms with E-state index < -0.39 is 5.82 Å². The molecule has 0 fully saturated rings. The van der Waals surface area contributed by atoms with Crippen LogP contribution in [0.2, 0.25) is 0 Å². The van der Waals surface area contributed by atoms with Crippen molar-refractivity contribution in [2.45, 2.75) is 5.33 Å². The molecular weight excluding hydrogens is 279 g/mol. The van der Waals surface area contributed by atoms with Crippen molar-refractivity contribution in [1.29, 1.82) is 0 Å². The van der Waals surface area contributed by atoms with Crippen molar-refractivity contribution in [3.63, 3.8) is 0 Å². The molecule has 5 nitrogen and oxygen atoms in total. The predicted octanol–water partition coefficient (Wildman–Crippen LogP) is 1.70. The van der Waals surface area contributed by atoms with Crippen molar-refractivity contribution in [1.82, 2.24) is 20.2 Å². The summed E-state index contributed by atoms with van der Waals surface area (Å²) in [5.74, 6) is -0.210. The zero-order valence-corrected chi connectivity index (χ0v) is 9.98. The average molecular weight is 287 g/mol. The van der Waals surface area contributed by atoms with Crippen molar-refractivity contribution < 1.29 is 9.13 Å². The third kappa shape index (κ3) is 1.78. The number of hydrogen-bond donors (Lipinski definition) is 0. The molecule has 0 bridgehead atoms. The highest BCUT2D eigenvalue weighted by molar-refractivity contribution is 9.08. The minimum absolute atomic E-state index is 0.200. The molecule has 0 spiro atoms. The zero-order chi connectivity index (χ0) is 11.5. The Morgan fingerprint density at radius 2 is 2.31 bits per heavy atom. The van der Waals surface area contributed by atoms with E-state index in [-0.39, 0.29) is 5.75 Å². The molecule has 0 aliphatic carbocycles. The van der Waals surface area contributed by atoms with Gasteiger partial charge in [0, 0.05) is 10.9 Å². The first kappa shape index (κ1) is 11.0. The lowest BCUT2D eigenvalue weighted by Gasteiger charge is -2.10. The fourth-order valence-electron chi connectivity index (χ4n) is 1.36. The highest BCUT2D eigenvalue weighted by Gasteiger charge is 2.14. The van der Waals surface area contributed by atoms with Crippen LogP contribution in [-0.2, 0) is 5.33 Å². The van der Waals surface area contributed by atoms with Crippen molar-refractivity contribution in [3.05, 3.63) is 29.8 Å². The van der Waals surface area contributed by atoms with Crippen molar-refractivity contribution >= 4 is 15.9 Å². The van der Waals surface area contributed by atoms with Crippen LogP contribution in [-0.4, -0.2) is 27.3 Å². The van der Waals surface area contributed by atoms with Gasteiger partial charge in [-0.15, -0.1) is 5.10 Å². The highest BCUT2D eigenvalue weighted by Crippen LogP contribution is 2.27. The van der Waals surface area contributed by atoms with E-state index in [2.05, 4.69) is 31.5 Å². The second-order valence-corrected chi connectivity index (χ2v) is 3.53. The molecule has 7 heteroatoms. The molecule has 1 heterocycles. The van der Waals surface area contributed by atoms with Gasteiger partial charge in [-0.1, -0.05) is 15.9 Å². The summed E-state index contributed by atoms with van der Waals surface area (Å²) in [6, 6.07) is 3.24. The minimum atomic E-state index is -0.410. The number of aromatic nitrogens is 4. The van der Waals surface area contributed by atoms with Crippen LogP contribution in [0, 0.1) is 5.82 Å². The summed E-state index contributed by atoms with van der Waals surface area (Å²) in [6.45, 7) is 0. The molecule has 0 unspecified atom stereocenters. The van der Waals surface area contributed by atoms with E-state index in [4.69, 9.17) is 4.74 Å². The van der Waals surface area contributed by atoms with Crippen LogP contribution in [0.3, 0.4) is 0 Å². The molecule has 0 aliphatic heterocycles. The highest BCUT2D eigenvalue weighted by atomic mass is 79.9. The lowest BCUT2D eigenvalue weighted by molar-refractivity contribution is 0.384. The van der Waals surface area contributed by atoms with Crippen LogP contribution < -0.4 is 4.74 Å². The molecule has 16 heavy (non-hydrogen) atoms. The lowest BCUT2D eigenvalue weighted by atomic mass is 10.2. The van der Waals surface area contributed by atoms with Gasteiger partial charge in [-0.3, -0.25) is 0 Å². The Kier molecular flexibility index (Phi) is 3.14. The van der Waals surface area contributed by atoms with Gasteiger partial charge in [0.05, 0.1) is 12.8 Å². The van der Waals surface area contributed by atoms with Crippen LogP contribution in [0.4, 0.5) is 4.39 Å². The van der Waals surface area contributed by atoms with Gasteiger partial charge in [-0.2, -0.15) is 0 Å². The lowest BCUT2D eigenvalue weighted by Crippen LogP contribution is -2.03. The number of benzene rings is 1. The Hall–Kier alpha value is -1.50. The number of tetrazole rings is 1. The van der Waals surface area contributed by atoms with Gasteiger partial charge >= 0.3 is 0 Å². The van der Waals surface area contributed by atoms with Crippen molar-refractivity contribution in [2.75, 3.05) is 7.11 Å². The largest absolute Gasteiger partial charge is 0.494 e. The van der Waals surface area contributed by atoms with E-state index in [1.54, 1.807) is 12.1 Å². The van der Waals surface area contributed by atoms with Gasteiger partial charge in [0.2, 0.25) is 0 Å². The van der Waals surface area contributed by atoms with Gasteiger partial charge in [0.1, 0.15) is 6.33 Å². The van der Waals surface area contributed by atoms with Gasteiger partial charge < -0.3 is 4.74 Å². The summed E-state index contributed by atoms with van der Waals surface area (Å²) in [5.41, 5.74) is 1.03. The summed E-state index contributed by atoms with van der Waals surface area (Å²) < 4.78 is 20.2. The normalized spacial score (nSPS) is 10.4. The Morgan fingerprint density at radius 3 is 2.88 bits per heavy atom. The maximum Gasteiger partial charge on any atom is 0.171 e. The third-order valence-corrected chi connectivity index (χ3v) is 2.69. The first-order valence-electron chi connectivity index (χ1n) is 4.42. The summed E-state index contributed by atoms with van der Waals surface area (Å²) in [5, 5.41) is 11.1. The number of hydrogen-bond acceptors (Lipinski definition) is 4. The van der Waals surface area contributed by atoms with Crippen molar-refractivity contribution in [3.8, 4) is 11.4 Å². The smallest absolute Gasteiger partial charge is 0.171 e. The Labute approximate surface area is 99.3 Å². The molecule has 2 rings (SSSR count). The quantitative estimate of drug-likeness (QED) is 0.806. The number of halogens is 2. The first-order chi connectivity index (χ1) is 7.77. The molecule has 1 aromatic heterocycles. The SMILES string of the molecule is COc1ccc(-n2cnnn2)c(CBr)c1F. The Balaban J connectivity index is 2.59. The van der Waals surface area contributed by atoms with E-state index in [1.807, 2.05) is 0 Å². The number of ether oxygens (including phenoxy) is 1.